The van der Waals surface area contributed by atoms with Gasteiger partial charge in [-0.25, -0.2) is 0 Å². The molecule has 0 aliphatic heterocycles. The van der Waals surface area contributed by atoms with Crippen molar-refractivity contribution in [2.75, 3.05) is 6.61 Å². The lowest BCUT2D eigenvalue weighted by Crippen LogP contribution is -2.02. The Morgan fingerprint density at radius 2 is 2.00 bits per heavy atom. The number of hydrogen-bond acceptors (Lipinski definition) is 5. The first-order chi connectivity index (χ1) is 11.6. The quantitative estimate of drug-likeness (QED) is 0.418. The van der Waals surface area contributed by atoms with Crippen LogP contribution in [-0.2, 0) is 0 Å². The van der Waals surface area contributed by atoms with E-state index in [-0.39, 0.29) is 29.0 Å². The third-order valence-electron chi connectivity index (χ3n) is 3.39. The Bertz CT molecular complexity index is 1030. The molecule has 1 aromatic heterocycles. The maximum Gasteiger partial charge on any atom is 0.280 e. The van der Waals surface area contributed by atoms with E-state index in [0.717, 1.165) is 0 Å². The van der Waals surface area contributed by atoms with Crippen molar-refractivity contribution in [2.45, 2.75) is 0 Å². The lowest BCUT2D eigenvalue weighted by atomic mass is 10.1. The van der Waals surface area contributed by atoms with Crippen LogP contribution in [-0.4, -0.2) is 11.5 Å². The number of benzene rings is 2. The minimum Gasteiger partial charge on any atom is -0.481 e. The van der Waals surface area contributed by atoms with Crippen molar-refractivity contribution < 1.29 is 14.1 Å². The summed E-state index contributed by atoms with van der Waals surface area (Å²) in [5, 5.41) is 11.7. The number of fused-ring (bicyclic) bond motifs is 1. The van der Waals surface area contributed by atoms with Gasteiger partial charge in [0.2, 0.25) is 0 Å². The van der Waals surface area contributed by atoms with Crippen LogP contribution in [0.25, 0.3) is 22.3 Å². The average Bonchev–Trinajstić information content (AvgIpc) is 2.59. The molecule has 6 nitrogen and oxygen atoms in total. The second kappa shape index (κ2) is 6.26. The first-order valence-corrected chi connectivity index (χ1v) is 6.98. The van der Waals surface area contributed by atoms with Crippen LogP contribution in [0.3, 0.4) is 0 Å². The van der Waals surface area contributed by atoms with Gasteiger partial charge < -0.3 is 9.15 Å². The summed E-state index contributed by atoms with van der Waals surface area (Å²) in [6.07, 6.45) is 5.14. The Balaban J connectivity index is 2.22. The van der Waals surface area contributed by atoms with Gasteiger partial charge in [0.05, 0.1) is 15.9 Å². The molecule has 6 heteroatoms. The number of para-hydroxylation sites is 1. The maximum atomic E-state index is 12.2. The van der Waals surface area contributed by atoms with Gasteiger partial charge in [0.15, 0.2) is 5.43 Å². The highest BCUT2D eigenvalue weighted by molar-refractivity contribution is 5.80. The van der Waals surface area contributed by atoms with Gasteiger partial charge in [0.1, 0.15) is 23.7 Å². The molecule has 1 heterocycles. The van der Waals surface area contributed by atoms with Gasteiger partial charge in [-0.1, -0.05) is 18.1 Å². The van der Waals surface area contributed by atoms with Crippen LogP contribution in [0.5, 0.6) is 5.75 Å². The summed E-state index contributed by atoms with van der Waals surface area (Å²) in [6.45, 7) is 0.0267. The third kappa shape index (κ3) is 2.83. The predicted octanol–water partition coefficient (Wildman–Crippen LogP) is 3.38. The van der Waals surface area contributed by atoms with E-state index in [9.17, 15) is 14.9 Å². The Kier molecular flexibility index (Phi) is 4.00. The Morgan fingerprint density at radius 1 is 1.21 bits per heavy atom. The van der Waals surface area contributed by atoms with E-state index >= 15 is 0 Å². The number of terminal acetylenes is 1. The molecule has 0 spiro atoms. The van der Waals surface area contributed by atoms with E-state index in [4.69, 9.17) is 15.6 Å². The molecule has 0 saturated heterocycles. The summed E-state index contributed by atoms with van der Waals surface area (Å²) in [4.78, 5) is 23.0. The van der Waals surface area contributed by atoms with Gasteiger partial charge in [0, 0.05) is 12.1 Å². The number of hydrogen-bond donors (Lipinski definition) is 0. The molecule has 0 N–H and O–H groups in total. The lowest BCUT2D eigenvalue weighted by Gasteiger charge is -2.07. The molecule has 24 heavy (non-hydrogen) atoms. The maximum absolute atomic E-state index is 12.2. The normalized spacial score (nSPS) is 10.3. The molecule has 0 unspecified atom stereocenters. The Hall–Kier alpha value is -3.59. The molecule has 0 radical (unpaired) electrons. The van der Waals surface area contributed by atoms with Crippen molar-refractivity contribution in [1.82, 2.24) is 0 Å². The molecule has 0 fully saturated rings. The number of ether oxygens (including phenoxy) is 1. The van der Waals surface area contributed by atoms with Gasteiger partial charge in [-0.2, -0.15) is 0 Å². The zero-order valence-electron chi connectivity index (χ0n) is 12.4. The number of nitrogens with zero attached hydrogens (tertiary/aromatic N) is 1. The van der Waals surface area contributed by atoms with E-state index in [1.165, 1.54) is 24.3 Å². The molecule has 3 aromatic rings. The zero-order chi connectivity index (χ0) is 17.1. The average molecular weight is 321 g/mol. The van der Waals surface area contributed by atoms with Crippen LogP contribution in [0.15, 0.2) is 57.7 Å². The Labute approximate surface area is 136 Å². The highest BCUT2D eigenvalue weighted by atomic mass is 16.6. The molecule has 0 aliphatic carbocycles. The van der Waals surface area contributed by atoms with Gasteiger partial charge >= 0.3 is 0 Å². The van der Waals surface area contributed by atoms with Gasteiger partial charge in [-0.3, -0.25) is 14.9 Å². The fourth-order valence-electron chi connectivity index (χ4n) is 2.32. The van der Waals surface area contributed by atoms with Gasteiger partial charge in [-0.05, 0) is 24.3 Å². The number of rotatable bonds is 4. The fourth-order valence-corrected chi connectivity index (χ4v) is 2.32. The molecule has 0 aliphatic rings. The van der Waals surface area contributed by atoms with Crippen molar-refractivity contribution in [3.8, 4) is 29.4 Å². The van der Waals surface area contributed by atoms with Crippen molar-refractivity contribution >= 4 is 16.7 Å². The number of nitro groups is 1. The fraction of sp³-hybridized carbons (Fsp3) is 0.0556. The van der Waals surface area contributed by atoms with Gasteiger partial charge in [-0.15, -0.1) is 6.42 Å². The molecule has 3 rings (SSSR count). The Morgan fingerprint density at radius 3 is 2.75 bits per heavy atom. The molecule has 0 bridgehead atoms. The van der Waals surface area contributed by atoms with Gasteiger partial charge in [0.25, 0.3) is 5.69 Å². The van der Waals surface area contributed by atoms with Crippen molar-refractivity contribution in [3.63, 3.8) is 0 Å². The molecule has 0 amide bonds. The van der Waals surface area contributed by atoms with Crippen LogP contribution in [0, 0.1) is 22.5 Å². The second-order valence-electron chi connectivity index (χ2n) is 4.90. The molecule has 0 saturated carbocycles. The molecule has 118 valence electrons. The van der Waals surface area contributed by atoms with Crippen LogP contribution >= 0.6 is 0 Å². The minimum absolute atomic E-state index is 0.0267. The standard InChI is InChI=1S/C18H11NO5/c1-2-9-23-12-7-8-15(19(21)22)14(10-12)18-11-16(20)13-5-3-4-6-17(13)24-18/h1,3-8,10-11H,9H2. The van der Waals surface area contributed by atoms with Crippen molar-refractivity contribution in [3.05, 3.63) is 68.9 Å². The summed E-state index contributed by atoms with van der Waals surface area (Å²) in [5.41, 5.74) is 0.0270. The van der Waals surface area contributed by atoms with Crippen LogP contribution in [0.2, 0.25) is 0 Å². The highest BCUT2D eigenvalue weighted by Crippen LogP contribution is 2.33. The third-order valence-corrected chi connectivity index (χ3v) is 3.39. The van der Waals surface area contributed by atoms with E-state index in [0.29, 0.717) is 16.7 Å². The van der Waals surface area contributed by atoms with Crippen molar-refractivity contribution in [2.24, 2.45) is 0 Å². The predicted molar refractivity (Wildman–Crippen MR) is 88.9 cm³/mol. The summed E-state index contributed by atoms with van der Waals surface area (Å²) >= 11 is 0. The molecular weight excluding hydrogens is 310 g/mol. The molecule has 0 atom stereocenters. The van der Waals surface area contributed by atoms with Crippen LogP contribution in [0.4, 0.5) is 5.69 Å². The molecule has 2 aromatic carbocycles. The zero-order valence-corrected chi connectivity index (χ0v) is 12.4. The summed E-state index contributed by atoms with van der Waals surface area (Å²) in [7, 11) is 0. The smallest absolute Gasteiger partial charge is 0.280 e. The lowest BCUT2D eigenvalue weighted by molar-refractivity contribution is -0.384. The van der Waals surface area contributed by atoms with Crippen molar-refractivity contribution in [1.29, 1.82) is 0 Å². The summed E-state index contributed by atoms with van der Waals surface area (Å²) in [5.74, 6) is 2.76. The summed E-state index contributed by atoms with van der Waals surface area (Å²) in [6, 6.07) is 12.1. The van der Waals surface area contributed by atoms with E-state index in [2.05, 4.69) is 5.92 Å². The topological polar surface area (TPSA) is 82.6 Å². The summed E-state index contributed by atoms with van der Waals surface area (Å²) < 4.78 is 11.0. The molecular formula is C18H11NO5. The van der Waals surface area contributed by atoms with E-state index < -0.39 is 4.92 Å². The SMILES string of the molecule is C#CCOc1ccc([N+](=O)[O-])c(-c2cc(=O)c3ccccc3o2)c1. The van der Waals surface area contributed by atoms with E-state index in [1.54, 1.807) is 24.3 Å². The number of nitro benzene ring substituents is 1. The largest absolute Gasteiger partial charge is 0.481 e. The first-order valence-electron chi connectivity index (χ1n) is 6.98. The first kappa shape index (κ1) is 15.3. The second-order valence-corrected chi connectivity index (χ2v) is 4.90. The van der Waals surface area contributed by atoms with Crippen LogP contribution < -0.4 is 10.2 Å². The highest BCUT2D eigenvalue weighted by Gasteiger charge is 2.19. The van der Waals surface area contributed by atoms with E-state index in [1.807, 2.05) is 0 Å². The minimum atomic E-state index is -0.546. The monoisotopic (exact) mass is 321 g/mol. The van der Waals surface area contributed by atoms with Crippen LogP contribution in [0.1, 0.15) is 0 Å².